The molecule has 0 amide bonds. The van der Waals surface area contributed by atoms with Crippen molar-refractivity contribution in [3.63, 3.8) is 0 Å². The molecule has 0 bridgehead atoms. The summed E-state index contributed by atoms with van der Waals surface area (Å²) in [7, 11) is -3.12. The molecule has 2 aromatic rings. The highest BCUT2D eigenvalue weighted by atomic mass is 32.2. The lowest BCUT2D eigenvalue weighted by Crippen LogP contribution is -2.48. The van der Waals surface area contributed by atoms with E-state index in [-0.39, 0.29) is 0 Å². The summed E-state index contributed by atoms with van der Waals surface area (Å²) < 4.78 is 26.5. The molecule has 2 aromatic heterocycles. The van der Waals surface area contributed by atoms with E-state index in [9.17, 15) is 8.42 Å². The quantitative estimate of drug-likeness (QED) is 0.794. The first-order valence-corrected chi connectivity index (χ1v) is 8.82. The SMILES string of the molecule is Cc1nccn1-c1cc(N2CCN(S(C)(=O)=O)CC2)ncn1. The van der Waals surface area contributed by atoms with Gasteiger partial charge in [-0.3, -0.25) is 4.57 Å². The molecule has 3 rings (SSSR count). The average Bonchev–Trinajstić information content (AvgIpc) is 2.93. The van der Waals surface area contributed by atoms with Crippen molar-refractivity contribution >= 4 is 15.8 Å². The molecule has 118 valence electrons. The Balaban J connectivity index is 1.78. The number of sulfonamides is 1. The number of hydrogen-bond acceptors (Lipinski definition) is 6. The summed E-state index contributed by atoms with van der Waals surface area (Å²) in [5, 5.41) is 0. The van der Waals surface area contributed by atoms with E-state index >= 15 is 0 Å². The van der Waals surface area contributed by atoms with E-state index in [2.05, 4.69) is 19.9 Å². The first-order chi connectivity index (χ1) is 10.4. The van der Waals surface area contributed by atoms with Crippen molar-refractivity contribution in [1.29, 1.82) is 0 Å². The highest BCUT2D eigenvalue weighted by molar-refractivity contribution is 7.88. The average molecular weight is 322 g/mol. The number of aromatic nitrogens is 4. The van der Waals surface area contributed by atoms with Crippen molar-refractivity contribution in [2.75, 3.05) is 37.3 Å². The molecule has 9 heteroatoms. The van der Waals surface area contributed by atoms with Gasteiger partial charge in [-0.25, -0.2) is 23.4 Å². The summed E-state index contributed by atoms with van der Waals surface area (Å²) in [5.41, 5.74) is 0. The Morgan fingerprint density at radius 3 is 2.32 bits per heavy atom. The van der Waals surface area contributed by atoms with Gasteiger partial charge in [0.15, 0.2) is 0 Å². The van der Waals surface area contributed by atoms with Crippen LogP contribution in [0.15, 0.2) is 24.8 Å². The van der Waals surface area contributed by atoms with Crippen LogP contribution >= 0.6 is 0 Å². The van der Waals surface area contributed by atoms with Crippen molar-refractivity contribution in [3.05, 3.63) is 30.6 Å². The lowest BCUT2D eigenvalue weighted by molar-refractivity contribution is 0.387. The third-order valence-corrected chi connectivity index (χ3v) is 5.05. The zero-order valence-electron chi connectivity index (χ0n) is 12.5. The fraction of sp³-hybridized carbons (Fsp3) is 0.462. The third-order valence-electron chi connectivity index (χ3n) is 3.74. The van der Waals surface area contributed by atoms with Gasteiger partial charge < -0.3 is 4.90 Å². The summed E-state index contributed by atoms with van der Waals surface area (Å²) >= 11 is 0. The van der Waals surface area contributed by atoms with Crippen LogP contribution in [0.2, 0.25) is 0 Å². The Morgan fingerprint density at radius 2 is 1.73 bits per heavy atom. The minimum Gasteiger partial charge on any atom is -0.354 e. The lowest BCUT2D eigenvalue weighted by Gasteiger charge is -2.33. The van der Waals surface area contributed by atoms with Gasteiger partial charge in [0.05, 0.1) is 6.26 Å². The number of nitrogens with zero attached hydrogens (tertiary/aromatic N) is 6. The van der Waals surface area contributed by atoms with Gasteiger partial charge in [0.1, 0.15) is 23.8 Å². The minimum atomic E-state index is -3.12. The summed E-state index contributed by atoms with van der Waals surface area (Å²) in [4.78, 5) is 14.8. The Labute approximate surface area is 129 Å². The van der Waals surface area contributed by atoms with Crippen LogP contribution < -0.4 is 4.90 Å². The maximum Gasteiger partial charge on any atom is 0.211 e. The second-order valence-corrected chi connectivity index (χ2v) is 7.21. The molecule has 1 fully saturated rings. The van der Waals surface area contributed by atoms with Crippen molar-refractivity contribution in [1.82, 2.24) is 23.8 Å². The molecule has 0 unspecified atom stereocenters. The molecule has 22 heavy (non-hydrogen) atoms. The van der Waals surface area contributed by atoms with Crippen LogP contribution in [0.25, 0.3) is 5.82 Å². The highest BCUT2D eigenvalue weighted by Crippen LogP contribution is 2.17. The summed E-state index contributed by atoms with van der Waals surface area (Å²) in [6, 6.07) is 1.89. The molecule has 0 N–H and O–H groups in total. The zero-order valence-corrected chi connectivity index (χ0v) is 13.4. The molecule has 0 radical (unpaired) electrons. The van der Waals surface area contributed by atoms with Gasteiger partial charge in [0, 0.05) is 44.6 Å². The van der Waals surface area contributed by atoms with Crippen LogP contribution in [0.3, 0.4) is 0 Å². The maximum atomic E-state index is 11.5. The van der Waals surface area contributed by atoms with E-state index in [1.54, 1.807) is 6.20 Å². The van der Waals surface area contributed by atoms with Crippen LogP contribution in [0.1, 0.15) is 5.82 Å². The standard InChI is InChI=1S/C13H18N6O2S/c1-11-14-3-4-19(11)13-9-12(15-10-16-13)17-5-7-18(8-6-17)22(2,20)21/h3-4,9-10H,5-8H2,1-2H3. The van der Waals surface area contributed by atoms with Gasteiger partial charge >= 0.3 is 0 Å². The Hall–Kier alpha value is -2.00. The Bertz CT molecular complexity index is 764. The molecule has 1 saturated heterocycles. The van der Waals surface area contributed by atoms with E-state index in [0.717, 1.165) is 17.5 Å². The molecule has 0 spiro atoms. The molecular formula is C13H18N6O2S. The first-order valence-electron chi connectivity index (χ1n) is 6.97. The Morgan fingerprint density at radius 1 is 1.05 bits per heavy atom. The Kier molecular flexibility index (Phi) is 3.83. The van der Waals surface area contributed by atoms with E-state index in [4.69, 9.17) is 0 Å². The van der Waals surface area contributed by atoms with Crippen LogP contribution in [0, 0.1) is 6.92 Å². The number of imidazole rings is 1. The molecule has 0 aromatic carbocycles. The van der Waals surface area contributed by atoms with Crippen LogP contribution in [-0.2, 0) is 10.0 Å². The summed E-state index contributed by atoms with van der Waals surface area (Å²) in [6.07, 6.45) is 6.34. The van der Waals surface area contributed by atoms with Gasteiger partial charge in [-0.05, 0) is 6.92 Å². The molecule has 0 saturated carbocycles. The molecule has 0 aliphatic carbocycles. The van der Waals surface area contributed by atoms with Crippen LogP contribution in [0.4, 0.5) is 5.82 Å². The van der Waals surface area contributed by atoms with Crippen molar-refractivity contribution in [3.8, 4) is 5.82 Å². The van der Waals surface area contributed by atoms with E-state index in [0.29, 0.717) is 26.2 Å². The normalized spacial score (nSPS) is 16.9. The van der Waals surface area contributed by atoms with Gasteiger partial charge in [0.2, 0.25) is 10.0 Å². The zero-order chi connectivity index (χ0) is 15.7. The van der Waals surface area contributed by atoms with Crippen LogP contribution in [0.5, 0.6) is 0 Å². The second kappa shape index (κ2) is 5.65. The predicted octanol–water partition coefficient (Wildman–Crippen LogP) is 0.0523. The van der Waals surface area contributed by atoms with E-state index < -0.39 is 10.0 Å². The molecule has 1 aliphatic heterocycles. The number of anilines is 1. The monoisotopic (exact) mass is 322 g/mol. The third kappa shape index (κ3) is 2.95. The molecule has 8 nitrogen and oxygen atoms in total. The molecule has 1 aliphatic rings. The van der Waals surface area contributed by atoms with Crippen LogP contribution in [-0.4, -0.2) is 64.7 Å². The first kappa shape index (κ1) is 14.9. The van der Waals surface area contributed by atoms with Crippen molar-refractivity contribution < 1.29 is 8.42 Å². The number of hydrogen-bond donors (Lipinski definition) is 0. The largest absolute Gasteiger partial charge is 0.354 e. The number of piperazine rings is 1. The number of rotatable bonds is 3. The number of aryl methyl sites for hydroxylation is 1. The second-order valence-electron chi connectivity index (χ2n) is 5.23. The van der Waals surface area contributed by atoms with Crippen molar-refractivity contribution in [2.24, 2.45) is 0 Å². The fourth-order valence-electron chi connectivity index (χ4n) is 2.51. The summed E-state index contributed by atoms with van der Waals surface area (Å²) in [6.45, 7) is 4.09. The lowest BCUT2D eigenvalue weighted by atomic mass is 10.3. The maximum absolute atomic E-state index is 11.5. The van der Waals surface area contributed by atoms with E-state index in [1.165, 1.54) is 16.9 Å². The van der Waals surface area contributed by atoms with Gasteiger partial charge in [0.25, 0.3) is 0 Å². The molecular weight excluding hydrogens is 304 g/mol. The highest BCUT2D eigenvalue weighted by Gasteiger charge is 2.24. The topological polar surface area (TPSA) is 84.2 Å². The predicted molar refractivity (Wildman–Crippen MR) is 82.5 cm³/mol. The molecule has 0 atom stereocenters. The fourth-order valence-corrected chi connectivity index (χ4v) is 3.34. The smallest absolute Gasteiger partial charge is 0.211 e. The molecule has 3 heterocycles. The van der Waals surface area contributed by atoms with Gasteiger partial charge in [-0.2, -0.15) is 4.31 Å². The van der Waals surface area contributed by atoms with Gasteiger partial charge in [-0.15, -0.1) is 0 Å². The minimum absolute atomic E-state index is 0.474. The summed E-state index contributed by atoms with van der Waals surface area (Å²) in [5.74, 6) is 2.41. The van der Waals surface area contributed by atoms with E-state index in [1.807, 2.05) is 23.8 Å². The van der Waals surface area contributed by atoms with Gasteiger partial charge in [-0.1, -0.05) is 0 Å². The van der Waals surface area contributed by atoms with Crippen molar-refractivity contribution in [2.45, 2.75) is 6.92 Å².